The van der Waals surface area contributed by atoms with E-state index >= 15 is 0 Å². The molecule has 1 aliphatic heterocycles. The van der Waals surface area contributed by atoms with Crippen molar-refractivity contribution in [2.24, 2.45) is 0 Å². The van der Waals surface area contributed by atoms with Gasteiger partial charge < -0.3 is 14.6 Å². The number of fused-ring (bicyclic) bond motifs is 2. The summed E-state index contributed by atoms with van der Waals surface area (Å²) < 4.78 is 7.20. The predicted molar refractivity (Wildman–Crippen MR) is 116 cm³/mol. The topological polar surface area (TPSA) is 80.6 Å². The molecule has 3 amide bonds. The maximum absolute atomic E-state index is 13.4. The van der Waals surface area contributed by atoms with Gasteiger partial charge in [-0.25, -0.2) is 4.79 Å². The number of aryl methyl sites for hydroxylation is 2. The van der Waals surface area contributed by atoms with E-state index in [0.29, 0.717) is 18.6 Å². The Labute approximate surface area is 182 Å². The van der Waals surface area contributed by atoms with Gasteiger partial charge in [0.05, 0.1) is 6.54 Å². The average molecular weight is 424 g/mol. The van der Waals surface area contributed by atoms with Crippen LogP contribution in [0.5, 0.6) is 0 Å². The van der Waals surface area contributed by atoms with Crippen molar-refractivity contribution in [1.82, 2.24) is 14.8 Å². The molecule has 1 spiro atoms. The second-order valence-electron chi connectivity index (χ2n) is 8.44. The number of ketones is 1. The van der Waals surface area contributed by atoms with Crippen LogP contribution in [0.2, 0.25) is 0 Å². The lowest BCUT2D eigenvalue weighted by Crippen LogP contribution is -2.46. The summed E-state index contributed by atoms with van der Waals surface area (Å²) in [5, 5.41) is 2.91. The molecule has 0 saturated carbocycles. The van der Waals surface area contributed by atoms with Crippen LogP contribution in [0.15, 0.2) is 30.3 Å². The summed E-state index contributed by atoms with van der Waals surface area (Å²) >= 11 is 0. The molecule has 164 valence electrons. The smallest absolute Gasteiger partial charge is 0.325 e. The van der Waals surface area contributed by atoms with Crippen LogP contribution in [0, 0.1) is 13.8 Å². The molecule has 1 fully saturated rings. The zero-order chi connectivity index (χ0) is 22.2. The number of methoxy groups -OCH3 is 1. The normalized spacial score (nSPS) is 20.3. The summed E-state index contributed by atoms with van der Waals surface area (Å²) in [7, 11) is 1.67. The number of nitrogens with zero attached hydrogens (tertiary/aromatic N) is 2. The number of carbonyl (C=O) groups excluding carboxylic acids is 3. The average Bonchev–Trinajstić information content (AvgIpc) is 3.17. The molecule has 0 bridgehead atoms. The lowest BCUT2D eigenvalue weighted by molar-refractivity contribution is -0.131. The number of carbonyl (C=O) groups is 3. The van der Waals surface area contributed by atoms with Crippen LogP contribution in [0.3, 0.4) is 0 Å². The number of imide groups is 1. The molecule has 7 heteroatoms. The maximum atomic E-state index is 13.4. The lowest BCUT2D eigenvalue weighted by Gasteiger charge is -2.33. The second kappa shape index (κ2) is 8.30. The van der Waals surface area contributed by atoms with Crippen LogP contribution in [-0.4, -0.2) is 47.4 Å². The Morgan fingerprint density at radius 3 is 2.77 bits per heavy atom. The number of aromatic nitrogens is 1. The van der Waals surface area contributed by atoms with Crippen LogP contribution in [0.4, 0.5) is 4.79 Å². The number of Topliss-reactive ketones (excluding diaryl/α,β-unsaturated/α-hetero) is 1. The number of urea groups is 1. The van der Waals surface area contributed by atoms with Crippen molar-refractivity contribution >= 4 is 17.7 Å². The standard InChI is InChI=1S/C24H29N3O4/c1-16-14-19(17(2)26(16)12-7-13-31-3)21(28)15-27-22(29)24(25-23(27)30)11-6-9-18-8-4-5-10-20(18)24/h4-5,8,10,14H,6-7,9,11-13,15H2,1-3H3,(H,25,30)/t24-/m0/s1. The summed E-state index contributed by atoms with van der Waals surface area (Å²) in [6, 6.07) is 9.09. The van der Waals surface area contributed by atoms with E-state index in [0.717, 1.165) is 53.2 Å². The molecule has 2 aliphatic rings. The molecule has 1 aliphatic carbocycles. The van der Waals surface area contributed by atoms with Crippen LogP contribution in [-0.2, 0) is 28.0 Å². The molecule has 31 heavy (non-hydrogen) atoms. The van der Waals surface area contributed by atoms with E-state index in [2.05, 4.69) is 9.88 Å². The van der Waals surface area contributed by atoms with Crippen molar-refractivity contribution in [3.8, 4) is 0 Å². The number of nitrogens with one attached hydrogen (secondary N) is 1. The molecule has 1 atom stereocenters. The monoisotopic (exact) mass is 423 g/mol. The molecule has 4 rings (SSSR count). The molecule has 1 aromatic heterocycles. The van der Waals surface area contributed by atoms with E-state index in [-0.39, 0.29) is 18.2 Å². The van der Waals surface area contributed by atoms with Gasteiger partial charge in [-0.2, -0.15) is 0 Å². The fraction of sp³-hybridized carbons (Fsp3) is 0.458. The zero-order valence-electron chi connectivity index (χ0n) is 18.4. The minimum atomic E-state index is -1.05. The number of hydrogen-bond acceptors (Lipinski definition) is 4. The number of hydrogen-bond donors (Lipinski definition) is 1. The first-order valence-corrected chi connectivity index (χ1v) is 10.8. The van der Waals surface area contributed by atoms with Crippen LogP contribution in [0.25, 0.3) is 0 Å². The number of ether oxygens (including phenoxy) is 1. The van der Waals surface area contributed by atoms with Gasteiger partial charge in [0.15, 0.2) is 5.78 Å². The van der Waals surface area contributed by atoms with Crippen molar-refractivity contribution in [1.29, 1.82) is 0 Å². The Bertz CT molecular complexity index is 1040. The van der Waals surface area contributed by atoms with E-state index in [4.69, 9.17) is 4.74 Å². The van der Waals surface area contributed by atoms with Crippen molar-refractivity contribution in [3.05, 3.63) is 58.4 Å². The summed E-state index contributed by atoms with van der Waals surface area (Å²) in [5.41, 5.74) is 3.26. The first kappa shape index (κ1) is 21.3. The first-order chi connectivity index (χ1) is 14.9. The third-order valence-electron chi connectivity index (χ3n) is 6.56. The molecule has 0 unspecified atom stereocenters. The Morgan fingerprint density at radius 2 is 2.00 bits per heavy atom. The van der Waals surface area contributed by atoms with Gasteiger partial charge in [-0.1, -0.05) is 24.3 Å². The second-order valence-corrected chi connectivity index (χ2v) is 8.44. The largest absolute Gasteiger partial charge is 0.385 e. The van der Waals surface area contributed by atoms with E-state index < -0.39 is 11.6 Å². The lowest BCUT2D eigenvalue weighted by atomic mass is 9.76. The molecule has 2 aromatic rings. The fourth-order valence-corrected chi connectivity index (χ4v) is 4.98. The van der Waals surface area contributed by atoms with Crippen LogP contribution >= 0.6 is 0 Å². The molecular formula is C24H29N3O4. The predicted octanol–water partition coefficient (Wildman–Crippen LogP) is 3.11. The van der Waals surface area contributed by atoms with Gasteiger partial charge in [0.25, 0.3) is 5.91 Å². The van der Waals surface area contributed by atoms with E-state index in [1.54, 1.807) is 7.11 Å². The number of amides is 3. The Balaban J connectivity index is 1.56. The molecule has 7 nitrogen and oxygen atoms in total. The van der Waals surface area contributed by atoms with Crippen molar-refractivity contribution in [2.45, 2.75) is 51.6 Å². The van der Waals surface area contributed by atoms with Gasteiger partial charge >= 0.3 is 6.03 Å². The molecule has 1 aromatic carbocycles. The molecule has 2 heterocycles. The van der Waals surface area contributed by atoms with Gasteiger partial charge in [-0.3, -0.25) is 14.5 Å². The zero-order valence-corrected chi connectivity index (χ0v) is 18.4. The van der Waals surface area contributed by atoms with Crippen molar-refractivity contribution < 1.29 is 19.1 Å². The molecule has 1 saturated heterocycles. The van der Waals surface area contributed by atoms with Gasteiger partial charge in [0, 0.05) is 37.2 Å². The van der Waals surface area contributed by atoms with Crippen LogP contribution in [0.1, 0.15) is 52.1 Å². The third-order valence-corrected chi connectivity index (χ3v) is 6.56. The fourth-order valence-electron chi connectivity index (χ4n) is 4.98. The van der Waals surface area contributed by atoms with E-state index in [1.165, 1.54) is 0 Å². The van der Waals surface area contributed by atoms with E-state index in [1.807, 2.05) is 44.2 Å². The Hall–Kier alpha value is -2.93. The third kappa shape index (κ3) is 3.57. The quantitative estimate of drug-likeness (QED) is 0.422. The van der Waals surface area contributed by atoms with Crippen LogP contribution < -0.4 is 5.32 Å². The summed E-state index contributed by atoms with van der Waals surface area (Å²) in [6.45, 7) is 5.00. The highest BCUT2D eigenvalue weighted by Gasteiger charge is 2.54. The molecule has 0 radical (unpaired) electrons. The highest BCUT2D eigenvalue weighted by atomic mass is 16.5. The highest BCUT2D eigenvalue weighted by molar-refractivity contribution is 6.11. The minimum absolute atomic E-state index is 0.226. The summed E-state index contributed by atoms with van der Waals surface area (Å²) in [6.07, 6.45) is 3.09. The first-order valence-electron chi connectivity index (χ1n) is 10.8. The minimum Gasteiger partial charge on any atom is -0.385 e. The van der Waals surface area contributed by atoms with Crippen molar-refractivity contribution in [3.63, 3.8) is 0 Å². The number of benzene rings is 1. The maximum Gasteiger partial charge on any atom is 0.325 e. The van der Waals surface area contributed by atoms with E-state index in [9.17, 15) is 14.4 Å². The highest BCUT2D eigenvalue weighted by Crippen LogP contribution is 2.39. The van der Waals surface area contributed by atoms with Gasteiger partial charge in [-0.05, 0) is 56.7 Å². The van der Waals surface area contributed by atoms with Gasteiger partial charge in [0.2, 0.25) is 0 Å². The van der Waals surface area contributed by atoms with Gasteiger partial charge in [0.1, 0.15) is 5.54 Å². The SMILES string of the molecule is COCCCn1c(C)cc(C(=O)CN2C(=O)N[C@]3(CCCc4ccccc43)C2=O)c1C. The molecular weight excluding hydrogens is 394 g/mol. The van der Waals surface area contributed by atoms with Gasteiger partial charge in [-0.15, -0.1) is 0 Å². The summed E-state index contributed by atoms with van der Waals surface area (Å²) in [4.78, 5) is 40.4. The number of rotatable bonds is 7. The Kier molecular flexibility index (Phi) is 5.71. The Morgan fingerprint density at radius 1 is 1.23 bits per heavy atom. The summed E-state index contributed by atoms with van der Waals surface area (Å²) in [5.74, 6) is -0.553. The van der Waals surface area contributed by atoms with Crippen molar-refractivity contribution in [2.75, 3.05) is 20.3 Å². The molecule has 1 N–H and O–H groups in total.